The van der Waals surface area contributed by atoms with Gasteiger partial charge < -0.3 is 14.6 Å². The van der Waals surface area contributed by atoms with Crippen LogP contribution in [0.2, 0.25) is 0 Å². The van der Waals surface area contributed by atoms with E-state index in [4.69, 9.17) is 9.47 Å². The highest BCUT2D eigenvalue weighted by atomic mass is 16.5. The fraction of sp³-hybridized carbons (Fsp3) is 0.524. The predicted molar refractivity (Wildman–Crippen MR) is 98.2 cm³/mol. The Morgan fingerprint density at radius 2 is 1.83 bits per heavy atom. The maximum atomic E-state index is 9.34. The summed E-state index contributed by atoms with van der Waals surface area (Å²) in [5.41, 5.74) is 4.48. The quantitative estimate of drug-likeness (QED) is 0.760. The van der Waals surface area contributed by atoms with Crippen LogP contribution >= 0.6 is 0 Å². The van der Waals surface area contributed by atoms with E-state index < -0.39 is 5.60 Å². The van der Waals surface area contributed by atoms with Crippen LogP contribution in [0.1, 0.15) is 45.1 Å². The highest BCUT2D eigenvalue weighted by Gasteiger charge is 2.37. The third-order valence-corrected chi connectivity index (χ3v) is 5.39. The van der Waals surface area contributed by atoms with Crippen molar-refractivity contribution in [3.05, 3.63) is 58.7 Å². The van der Waals surface area contributed by atoms with E-state index in [1.165, 1.54) is 22.3 Å². The monoisotopic (exact) mass is 330 g/mol. The summed E-state index contributed by atoms with van der Waals surface area (Å²) in [6.45, 7) is 6.54. The Kier molecular flexibility index (Phi) is 6.39. The van der Waals surface area contributed by atoms with Gasteiger partial charge in [-0.25, -0.2) is 0 Å². The number of rotatable bonds is 7. The van der Waals surface area contributed by atoms with Gasteiger partial charge in [-0.05, 0) is 62.0 Å². The molecule has 0 aliphatic heterocycles. The fourth-order valence-electron chi connectivity index (χ4n) is 3.65. The van der Waals surface area contributed by atoms with E-state index in [1.54, 1.807) is 14.2 Å². The zero-order chi connectivity index (χ0) is 17.7. The van der Waals surface area contributed by atoms with Crippen molar-refractivity contribution in [1.29, 1.82) is 0 Å². The number of aliphatic hydroxyl groups excluding tert-OH is 1. The fourth-order valence-corrected chi connectivity index (χ4v) is 3.65. The number of ether oxygens (including phenoxy) is 2. The standard InChI is InChI=1S/C21H30O3/c1-15-16(2)21(3,24-5)14-19(20(15)23-4)18(12-9-13-22)17-10-7-6-8-11-17/h6-8,10-11,14,18,20,22H,9,12-13H2,1-5H3. The zero-order valence-electron chi connectivity index (χ0n) is 15.5. The van der Waals surface area contributed by atoms with Gasteiger partial charge in [-0.1, -0.05) is 30.3 Å². The first-order valence-electron chi connectivity index (χ1n) is 8.62. The van der Waals surface area contributed by atoms with E-state index in [2.05, 4.69) is 51.1 Å². The van der Waals surface area contributed by atoms with E-state index in [-0.39, 0.29) is 18.6 Å². The highest BCUT2D eigenvalue weighted by molar-refractivity contribution is 5.45. The van der Waals surface area contributed by atoms with Crippen molar-refractivity contribution in [2.75, 3.05) is 20.8 Å². The molecule has 0 heterocycles. The highest BCUT2D eigenvalue weighted by Crippen LogP contribution is 2.42. The second-order valence-corrected chi connectivity index (χ2v) is 6.71. The summed E-state index contributed by atoms with van der Waals surface area (Å²) >= 11 is 0. The second kappa shape index (κ2) is 8.11. The molecule has 0 bridgehead atoms. The molecule has 1 aliphatic carbocycles. The summed E-state index contributed by atoms with van der Waals surface area (Å²) in [6, 6.07) is 10.5. The van der Waals surface area contributed by atoms with E-state index >= 15 is 0 Å². The lowest BCUT2D eigenvalue weighted by atomic mass is 9.74. The molecule has 3 heteroatoms. The van der Waals surface area contributed by atoms with Crippen LogP contribution in [0.5, 0.6) is 0 Å². The van der Waals surface area contributed by atoms with Crippen LogP contribution in [0.15, 0.2) is 53.1 Å². The van der Waals surface area contributed by atoms with Gasteiger partial charge in [-0.2, -0.15) is 0 Å². The number of benzene rings is 1. The number of hydrogen-bond donors (Lipinski definition) is 1. The Morgan fingerprint density at radius 1 is 1.17 bits per heavy atom. The summed E-state index contributed by atoms with van der Waals surface area (Å²) in [5.74, 6) is 0.209. The van der Waals surface area contributed by atoms with Crippen molar-refractivity contribution in [2.24, 2.45) is 0 Å². The van der Waals surface area contributed by atoms with Crippen LogP contribution < -0.4 is 0 Å². The molecule has 24 heavy (non-hydrogen) atoms. The third-order valence-electron chi connectivity index (χ3n) is 5.39. The molecule has 0 saturated heterocycles. The minimum absolute atomic E-state index is 0.0443. The minimum atomic E-state index is -0.416. The van der Waals surface area contributed by atoms with Crippen LogP contribution in [0, 0.1) is 0 Å². The van der Waals surface area contributed by atoms with Crippen LogP contribution in [0.3, 0.4) is 0 Å². The number of methoxy groups -OCH3 is 2. The molecule has 3 atom stereocenters. The molecule has 0 aromatic heterocycles. The maximum absolute atomic E-state index is 9.34. The Hall–Kier alpha value is -1.42. The molecule has 1 aromatic rings. The third kappa shape index (κ3) is 3.64. The summed E-state index contributed by atoms with van der Waals surface area (Å²) in [6.07, 6.45) is 3.83. The summed E-state index contributed by atoms with van der Waals surface area (Å²) < 4.78 is 11.7. The molecule has 0 fully saturated rings. The second-order valence-electron chi connectivity index (χ2n) is 6.71. The molecule has 132 valence electrons. The van der Waals surface area contributed by atoms with Crippen LogP contribution in [0.25, 0.3) is 0 Å². The molecular formula is C21H30O3. The summed E-state index contributed by atoms with van der Waals surface area (Å²) in [5, 5.41) is 9.34. The Balaban J connectivity index is 2.52. The van der Waals surface area contributed by atoms with Crippen molar-refractivity contribution in [3.8, 4) is 0 Å². The lowest BCUT2D eigenvalue weighted by molar-refractivity contribution is 0.0654. The van der Waals surface area contributed by atoms with E-state index in [0.717, 1.165) is 12.8 Å². The molecule has 1 aromatic carbocycles. The number of hydrogen-bond acceptors (Lipinski definition) is 3. The van der Waals surface area contributed by atoms with Crippen LogP contribution in [0.4, 0.5) is 0 Å². The van der Waals surface area contributed by atoms with Crippen LogP contribution in [-0.4, -0.2) is 37.6 Å². The smallest absolute Gasteiger partial charge is 0.104 e. The van der Waals surface area contributed by atoms with Crippen molar-refractivity contribution in [3.63, 3.8) is 0 Å². The molecule has 1 N–H and O–H groups in total. The van der Waals surface area contributed by atoms with Gasteiger partial charge in [0.25, 0.3) is 0 Å². The molecule has 1 aliphatic rings. The topological polar surface area (TPSA) is 38.7 Å². The molecule has 0 spiro atoms. The SMILES string of the molecule is COC1C(C(CCCO)c2ccccc2)=CC(C)(OC)C(C)=C1C. The maximum Gasteiger partial charge on any atom is 0.104 e. The van der Waals surface area contributed by atoms with E-state index in [1.807, 2.05) is 6.07 Å². The zero-order valence-corrected chi connectivity index (χ0v) is 15.5. The van der Waals surface area contributed by atoms with Gasteiger partial charge in [0.05, 0.1) is 6.10 Å². The van der Waals surface area contributed by atoms with Crippen molar-refractivity contribution in [2.45, 2.75) is 51.2 Å². The Bertz CT molecular complexity index is 603. The predicted octanol–water partition coefficient (Wildman–Crippen LogP) is 4.24. The van der Waals surface area contributed by atoms with E-state index in [9.17, 15) is 5.11 Å². The summed E-state index contributed by atoms with van der Waals surface area (Å²) in [4.78, 5) is 0. The van der Waals surface area contributed by atoms with Crippen molar-refractivity contribution in [1.82, 2.24) is 0 Å². The van der Waals surface area contributed by atoms with Gasteiger partial charge in [0.1, 0.15) is 5.60 Å². The van der Waals surface area contributed by atoms with Gasteiger partial charge in [-0.15, -0.1) is 0 Å². The molecule has 3 nitrogen and oxygen atoms in total. The first-order chi connectivity index (χ1) is 11.5. The molecule has 0 radical (unpaired) electrons. The normalized spacial score (nSPS) is 25.6. The van der Waals surface area contributed by atoms with Gasteiger partial charge in [-0.3, -0.25) is 0 Å². The summed E-state index contributed by atoms with van der Waals surface area (Å²) in [7, 11) is 3.52. The first-order valence-corrected chi connectivity index (χ1v) is 8.62. The van der Waals surface area contributed by atoms with Gasteiger partial charge in [0, 0.05) is 26.7 Å². The minimum Gasteiger partial charge on any atom is -0.396 e. The Morgan fingerprint density at radius 3 is 2.38 bits per heavy atom. The molecule has 2 rings (SSSR count). The lowest BCUT2D eigenvalue weighted by Gasteiger charge is -2.39. The molecule has 3 unspecified atom stereocenters. The average molecular weight is 330 g/mol. The first kappa shape index (κ1) is 18.9. The number of aliphatic hydroxyl groups is 1. The molecule has 0 saturated carbocycles. The van der Waals surface area contributed by atoms with Gasteiger partial charge >= 0.3 is 0 Å². The molecule has 0 amide bonds. The largest absolute Gasteiger partial charge is 0.396 e. The van der Waals surface area contributed by atoms with Crippen molar-refractivity contribution < 1.29 is 14.6 Å². The van der Waals surface area contributed by atoms with Gasteiger partial charge in [0.2, 0.25) is 0 Å². The van der Waals surface area contributed by atoms with Gasteiger partial charge in [0.15, 0.2) is 0 Å². The Labute approximate surface area is 146 Å². The lowest BCUT2D eigenvalue weighted by Crippen LogP contribution is -2.37. The van der Waals surface area contributed by atoms with Crippen LogP contribution in [-0.2, 0) is 9.47 Å². The molecular weight excluding hydrogens is 300 g/mol. The average Bonchev–Trinajstić information content (AvgIpc) is 2.61. The van der Waals surface area contributed by atoms with Crippen molar-refractivity contribution >= 4 is 0 Å². The van der Waals surface area contributed by atoms with E-state index in [0.29, 0.717) is 0 Å².